The topological polar surface area (TPSA) is 59.9 Å². The Morgan fingerprint density at radius 2 is 1.77 bits per heavy atom. The molecule has 5 nitrogen and oxygen atoms in total. The third-order valence-corrected chi connectivity index (χ3v) is 4.04. The average molecular weight is 369 g/mol. The minimum atomic E-state index is -0.376. The van der Waals surface area contributed by atoms with Crippen molar-refractivity contribution in [2.24, 2.45) is 5.10 Å². The van der Waals surface area contributed by atoms with Gasteiger partial charge < -0.3 is 9.47 Å². The predicted octanol–water partition coefficient (Wildman–Crippen LogP) is 4.03. The van der Waals surface area contributed by atoms with E-state index in [2.05, 4.69) is 10.5 Å². The van der Waals surface area contributed by atoms with Crippen LogP contribution in [0.1, 0.15) is 5.56 Å². The Morgan fingerprint density at radius 3 is 2.54 bits per heavy atom. The molecule has 3 aromatic carbocycles. The number of carbonyl (C=O) groups is 1. The lowest BCUT2D eigenvalue weighted by Crippen LogP contribution is -2.24. The standard InChI is InChI=1S/C20H17ClN2O3/c1-25-18-11-10-14(15-6-2-3-7-16(15)18)12-22-23-20(24)13-26-19-9-5-4-8-17(19)21/h2-12H,13H2,1H3,(H,23,24)/b22-12+. The van der Waals surface area contributed by atoms with Crippen molar-refractivity contribution >= 4 is 34.5 Å². The van der Waals surface area contributed by atoms with Crippen molar-refractivity contribution in [1.29, 1.82) is 0 Å². The SMILES string of the molecule is COc1ccc(/C=N/NC(=O)COc2ccccc2Cl)c2ccccc12. The number of para-hydroxylation sites is 1. The molecule has 0 bridgehead atoms. The van der Waals surface area contributed by atoms with E-state index in [1.807, 2.05) is 36.4 Å². The van der Waals surface area contributed by atoms with Crippen LogP contribution in [0.4, 0.5) is 0 Å². The molecule has 26 heavy (non-hydrogen) atoms. The minimum Gasteiger partial charge on any atom is -0.496 e. The molecule has 0 fully saturated rings. The van der Waals surface area contributed by atoms with E-state index in [1.54, 1.807) is 37.6 Å². The summed E-state index contributed by atoms with van der Waals surface area (Å²) in [5.74, 6) is 0.864. The van der Waals surface area contributed by atoms with Gasteiger partial charge >= 0.3 is 0 Å². The fourth-order valence-electron chi connectivity index (χ4n) is 2.50. The van der Waals surface area contributed by atoms with Gasteiger partial charge in [0.15, 0.2) is 6.61 Å². The molecular formula is C20H17ClN2O3. The van der Waals surface area contributed by atoms with Gasteiger partial charge in [0, 0.05) is 10.9 Å². The zero-order valence-corrected chi connectivity index (χ0v) is 14.9. The summed E-state index contributed by atoms with van der Waals surface area (Å²) in [6.45, 7) is -0.176. The van der Waals surface area contributed by atoms with Crippen molar-refractivity contribution in [3.63, 3.8) is 0 Å². The normalized spacial score (nSPS) is 10.8. The Hall–Kier alpha value is -3.05. The number of fused-ring (bicyclic) bond motifs is 1. The molecule has 0 aromatic heterocycles. The lowest BCUT2D eigenvalue weighted by Gasteiger charge is -2.08. The highest BCUT2D eigenvalue weighted by Gasteiger charge is 2.06. The van der Waals surface area contributed by atoms with E-state index in [4.69, 9.17) is 21.1 Å². The lowest BCUT2D eigenvalue weighted by atomic mass is 10.0. The monoisotopic (exact) mass is 368 g/mol. The van der Waals surface area contributed by atoms with Crippen LogP contribution in [0.5, 0.6) is 11.5 Å². The van der Waals surface area contributed by atoms with Crippen LogP contribution in [-0.4, -0.2) is 25.8 Å². The van der Waals surface area contributed by atoms with E-state index in [9.17, 15) is 4.79 Å². The van der Waals surface area contributed by atoms with Crippen molar-refractivity contribution in [2.75, 3.05) is 13.7 Å². The molecule has 6 heteroatoms. The Balaban J connectivity index is 1.64. The Labute approximate surface area is 156 Å². The number of ether oxygens (including phenoxy) is 2. The van der Waals surface area contributed by atoms with E-state index in [1.165, 1.54) is 0 Å². The van der Waals surface area contributed by atoms with Gasteiger partial charge in [-0.3, -0.25) is 4.79 Å². The largest absolute Gasteiger partial charge is 0.496 e. The first-order valence-corrected chi connectivity index (χ1v) is 8.32. The number of amides is 1. The summed E-state index contributed by atoms with van der Waals surface area (Å²) in [5, 5.41) is 6.42. The molecule has 0 aliphatic heterocycles. The first-order chi connectivity index (χ1) is 12.7. The Kier molecular flexibility index (Phi) is 5.71. The van der Waals surface area contributed by atoms with Gasteiger partial charge in [-0.25, -0.2) is 5.43 Å². The summed E-state index contributed by atoms with van der Waals surface area (Å²) in [6, 6.07) is 18.6. The molecule has 0 heterocycles. The smallest absolute Gasteiger partial charge is 0.277 e. The number of methoxy groups -OCH3 is 1. The number of hydrogen-bond acceptors (Lipinski definition) is 4. The molecule has 132 valence electrons. The predicted molar refractivity (Wildman–Crippen MR) is 103 cm³/mol. The van der Waals surface area contributed by atoms with Gasteiger partial charge in [0.05, 0.1) is 18.3 Å². The van der Waals surface area contributed by atoms with Crippen LogP contribution in [0.25, 0.3) is 10.8 Å². The Morgan fingerprint density at radius 1 is 1.04 bits per heavy atom. The molecule has 3 rings (SSSR count). The quantitative estimate of drug-likeness (QED) is 0.528. The van der Waals surface area contributed by atoms with E-state index in [0.29, 0.717) is 10.8 Å². The number of hydrogen-bond donors (Lipinski definition) is 1. The highest BCUT2D eigenvalue weighted by atomic mass is 35.5. The molecule has 0 aliphatic rings. The molecule has 1 N–H and O–H groups in total. The maximum absolute atomic E-state index is 11.9. The van der Waals surface area contributed by atoms with Crippen LogP contribution in [0, 0.1) is 0 Å². The molecule has 0 atom stereocenters. The summed E-state index contributed by atoms with van der Waals surface area (Å²) < 4.78 is 10.7. The molecule has 0 unspecified atom stereocenters. The zero-order chi connectivity index (χ0) is 18.4. The van der Waals surface area contributed by atoms with E-state index in [-0.39, 0.29) is 12.5 Å². The third-order valence-electron chi connectivity index (χ3n) is 3.73. The van der Waals surface area contributed by atoms with Crippen LogP contribution in [-0.2, 0) is 4.79 Å². The van der Waals surface area contributed by atoms with Crippen molar-refractivity contribution < 1.29 is 14.3 Å². The summed E-state index contributed by atoms with van der Waals surface area (Å²) in [6.07, 6.45) is 1.59. The maximum atomic E-state index is 11.9. The summed E-state index contributed by atoms with van der Waals surface area (Å²) in [5.41, 5.74) is 3.31. The third kappa shape index (κ3) is 4.13. The molecule has 0 radical (unpaired) electrons. The molecule has 3 aromatic rings. The summed E-state index contributed by atoms with van der Waals surface area (Å²) >= 11 is 5.98. The first kappa shape index (κ1) is 17.8. The van der Waals surface area contributed by atoms with Gasteiger partial charge in [0.25, 0.3) is 5.91 Å². The number of rotatable bonds is 6. The van der Waals surface area contributed by atoms with Gasteiger partial charge in [0.2, 0.25) is 0 Å². The molecule has 1 amide bonds. The molecule has 0 saturated carbocycles. The van der Waals surface area contributed by atoms with Crippen LogP contribution >= 0.6 is 11.6 Å². The van der Waals surface area contributed by atoms with Crippen LogP contribution in [0.2, 0.25) is 5.02 Å². The number of benzene rings is 3. The van der Waals surface area contributed by atoms with Gasteiger partial charge in [-0.05, 0) is 29.7 Å². The minimum absolute atomic E-state index is 0.176. The highest BCUT2D eigenvalue weighted by molar-refractivity contribution is 6.32. The van der Waals surface area contributed by atoms with E-state index >= 15 is 0 Å². The second-order valence-electron chi connectivity index (χ2n) is 5.41. The van der Waals surface area contributed by atoms with Crippen molar-refractivity contribution in [3.05, 3.63) is 71.2 Å². The van der Waals surface area contributed by atoms with E-state index in [0.717, 1.165) is 22.1 Å². The number of halogens is 1. The summed E-state index contributed by atoms with van der Waals surface area (Å²) in [7, 11) is 1.63. The van der Waals surface area contributed by atoms with Gasteiger partial charge in [-0.1, -0.05) is 48.0 Å². The maximum Gasteiger partial charge on any atom is 0.277 e. The highest BCUT2D eigenvalue weighted by Crippen LogP contribution is 2.27. The van der Waals surface area contributed by atoms with Crippen molar-refractivity contribution in [1.82, 2.24) is 5.43 Å². The first-order valence-electron chi connectivity index (χ1n) is 7.94. The van der Waals surface area contributed by atoms with E-state index < -0.39 is 0 Å². The van der Waals surface area contributed by atoms with Crippen LogP contribution < -0.4 is 14.9 Å². The van der Waals surface area contributed by atoms with Crippen molar-refractivity contribution in [3.8, 4) is 11.5 Å². The number of hydrazone groups is 1. The molecule has 0 saturated heterocycles. The number of nitrogens with one attached hydrogen (secondary N) is 1. The van der Waals surface area contributed by atoms with Gasteiger partial charge in [-0.2, -0.15) is 5.10 Å². The molecule has 0 aliphatic carbocycles. The lowest BCUT2D eigenvalue weighted by molar-refractivity contribution is -0.123. The van der Waals surface area contributed by atoms with Crippen LogP contribution in [0.15, 0.2) is 65.8 Å². The van der Waals surface area contributed by atoms with Crippen LogP contribution in [0.3, 0.4) is 0 Å². The second kappa shape index (κ2) is 8.36. The second-order valence-corrected chi connectivity index (χ2v) is 5.82. The fraction of sp³-hybridized carbons (Fsp3) is 0.100. The fourth-order valence-corrected chi connectivity index (χ4v) is 2.69. The molecule has 0 spiro atoms. The Bertz CT molecular complexity index is 957. The number of carbonyl (C=O) groups excluding carboxylic acids is 1. The number of nitrogens with zero attached hydrogens (tertiary/aromatic N) is 1. The van der Waals surface area contributed by atoms with Gasteiger partial charge in [-0.15, -0.1) is 0 Å². The summed E-state index contributed by atoms with van der Waals surface area (Å²) in [4.78, 5) is 11.9. The van der Waals surface area contributed by atoms with Crippen molar-refractivity contribution in [2.45, 2.75) is 0 Å². The average Bonchev–Trinajstić information content (AvgIpc) is 2.67. The molecular weight excluding hydrogens is 352 g/mol. The van der Waals surface area contributed by atoms with Gasteiger partial charge in [0.1, 0.15) is 11.5 Å². The zero-order valence-electron chi connectivity index (χ0n) is 14.1.